The number of nitrogens with two attached hydrogens (primary N) is 1. The molecule has 1 amide bonds. The maximum atomic E-state index is 11.8. The van der Waals surface area contributed by atoms with Gasteiger partial charge in [-0.3, -0.25) is 4.79 Å². The summed E-state index contributed by atoms with van der Waals surface area (Å²) in [5.41, 5.74) is 6.10. The smallest absolute Gasteiger partial charge is 0.223 e. The first-order valence-corrected chi connectivity index (χ1v) is 6.89. The molecule has 0 bridgehead atoms. The Morgan fingerprint density at radius 2 is 2.27 bits per heavy atom. The lowest BCUT2D eigenvalue weighted by Gasteiger charge is -2.42. The summed E-state index contributed by atoms with van der Waals surface area (Å²) in [7, 11) is 0. The van der Waals surface area contributed by atoms with E-state index in [1.165, 1.54) is 0 Å². The largest absolute Gasteiger partial charge is 0.342 e. The third-order valence-corrected chi connectivity index (χ3v) is 3.80. The summed E-state index contributed by atoms with van der Waals surface area (Å²) in [6.07, 6.45) is 3.62. The molecule has 1 heterocycles. The fourth-order valence-corrected chi connectivity index (χ4v) is 2.31. The van der Waals surface area contributed by atoms with Gasteiger partial charge in [-0.25, -0.2) is 0 Å². The Hall–Kier alpha value is -0.220. The molecule has 1 fully saturated rings. The fourth-order valence-electron chi connectivity index (χ4n) is 1.93. The van der Waals surface area contributed by atoms with E-state index in [9.17, 15) is 4.79 Å². The van der Waals surface area contributed by atoms with Gasteiger partial charge in [-0.1, -0.05) is 13.8 Å². The van der Waals surface area contributed by atoms with E-state index in [0.29, 0.717) is 6.42 Å². The summed E-state index contributed by atoms with van der Waals surface area (Å²) in [6, 6.07) is 0.224. The Morgan fingerprint density at radius 1 is 1.60 bits per heavy atom. The van der Waals surface area contributed by atoms with E-state index in [0.717, 1.165) is 25.3 Å². The maximum Gasteiger partial charge on any atom is 0.223 e. The van der Waals surface area contributed by atoms with Crippen LogP contribution in [0.3, 0.4) is 0 Å². The number of piperidine rings is 1. The highest BCUT2D eigenvalue weighted by Gasteiger charge is 2.34. The lowest BCUT2D eigenvalue weighted by molar-refractivity contribution is -0.134. The first kappa shape index (κ1) is 12.8. The Labute approximate surface area is 96.8 Å². The molecule has 1 unspecified atom stereocenters. The maximum absolute atomic E-state index is 11.8. The molecule has 0 aromatic carbocycles. The molecule has 1 aliphatic heterocycles. The van der Waals surface area contributed by atoms with Crippen LogP contribution in [-0.4, -0.2) is 41.9 Å². The molecule has 1 rings (SSSR count). The van der Waals surface area contributed by atoms with Gasteiger partial charge >= 0.3 is 0 Å². The van der Waals surface area contributed by atoms with Crippen LogP contribution in [0.1, 0.15) is 26.7 Å². The topological polar surface area (TPSA) is 46.3 Å². The fraction of sp³-hybridized carbons (Fsp3) is 0.909. The molecule has 0 aromatic heterocycles. The van der Waals surface area contributed by atoms with E-state index in [-0.39, 0.29) is 17.4 Å². The predicted octanol–water partition coefficient (Wildman–Crippen LogP) is 1.33. The van der Waals surface area contributed by atoms with Crippen LogP contribution in [0.5, 0.6) is 0 Å². The molecule has 0 aromatic rings. The van der Waals surface area contributed by atoms with Gasteiger partial charge in [0.25, 0.3) is 0 Å². The normalized spacial score (nSPS) is 25.3. The predicted molar refractivity (Wildman–Crippen MR) is 66.0 cm³/mol. The second kappa shape index (κ2) is 5.21. The van der Waals surface area contributed by atoms with Gasteiger partial charge in [0.2, 0.25) is 5.91 Å². The van der Waals surface area contributed by atoms with Gasteiger partial charge in [0.15, 0.2) is 0 Å². The zero-order valence-electron chi connectivity index (χ0n) is 9.95. The Bertz CT molecular complexity index is 231. The molecule has 0 aliphatic carbocycles. The Kier molecular flexibility index (Phi) is 4.46. The summed E-state index contributed by atoms with van der Waals surface area (Å²) in [4.78, 5) is 13.8. The monoisotopic (exact) mass is 230 g/mol. The van der Waals surface area contributed by atoms with Crippen molar-refractivity contribution in [2.24, 2.45) is 11.1 Å². The second-order valence-electron chi connectivity index (χ2n) is 4.94. The van der Waals surface area contributed by atoms with E-state index in [1.807, 2.05) is 11.2 Å². The van der Waals surface area contributed by atoms with Crippen molar-refractivity contribution >= 4 is 17.7 Å². The summed E-state index contributed by atoms with van der Waals surface area (Å²) in [6.45, 7) is 5.93. The standard InChI is InChI=1S/C11H22N2OS/c1-11(2)8-13(6-4-9(11)12)10(14)5-7-15-3/h9H,4-8,12H2,1-3H3. The summed E-state index contributed by atoms with van der Waals surface area (Å²) < 4.78 is 0. The van der Waals surface area contributed by atoms with Crippen LogP contribution in [0, 0.1) is 5.41 Å². The SMILES string of the molecule is CSCCC(=O)N1CCC(N)C(C)(C)C1. The third-order valence-electron chi connectivity index (χ3n) is 3.18. The molecule has 15 heavy (non-hydrogen) atoms. The van der Waals surface area contributed by atoms with Crippen LogP contribution in [-0.2, 0) is 4.79 Å². The van der Waals surface area contributed by atoms with E-state index in [2.05, 4.69) is 13.8 Å². The van der Waals surface area contributed by atoms with Crippen molar-refractivity contribution in [2.75, 3.05) is 25.1 Å². The van der Waals surface area contributed by atoms with Crippen LogP contribution < -0.4 is 5.73 Å². The molecule has 1 saturated heterocycles. The third kappa shape index (κ3) is 3.38. The average Bonchev–Trinajstić information content (AvgIpc) is 2.18. The zero-order chi connectivity index (χ0) is 11.5. The lowest BCUT2D eigenvalue weighted by atomic mass is 9.79. The van der Waals surface area contributed by atoms with Crippen LogP contribution in [0.25, 0.3) is 0 Å². The molecule has 1 atom stereocenters. The minimum atomic E-state index is 0.0628. The van der Waals surface area contributed by atoms with Crippen LogP contribution in [0.4, 0.5) is 0 Å². The molecule has 2 N–H and O–H groups in total. The number of hydrogen-bond donors (Lipinski definition) is 1. The first-order valence-electron chi connectivity index (χ1n) is 5.49. The summed E-state index contributed by atoms with van der Waals surface area (Å²) in [5.74, 6) is 1.20. The van der Waals surface area contributed by atoms with Gasteiger partial charge in [0, 0.05) is 31.3 Å². The van der Waals surface area contributed by atoms with Crippen LogP contribution in [0.2, 0.25) is 0 Å². The van der Waals surface area contributed by atoms with E-state index in [1.54, 1.807) is 11.8 Å². The van der Waals surface area contributed by atoms with Crippen molar-refractivity contribution in [3.8, 4) is 0 Å². The number of amides is 1. The Balaban J connectivity index is 2.48. The average molecular weight is 230 g/mol. The van der Waals surface area contributed by atoms with Gasteiger partial charge in [-0.05, 0) is 18.1 Å². The van der Waals surface area contributed by atoms with E-state index in [4.69, 9.17) is 5.73 Å². The minimum absolute atomic E-state index is 0.0628. The molecule has 88 valence electrons. The van der Waals surface area contributed by atoms with Gasteiger partial charge in [0.1, 0.15) is 0 Å². The van der Waals surface area contributed by atoms with E-state index >= 15 is 0 Å². The van der Waals surface area contributed by atoms with Gasteiger partial charge in [0.05, 0.1) is 0 Å². The van der Waals surface area contributed by atoms with Crippen molar-refractivity contribution in [3.05, 3.63) is 0 Å². The molecular weight excluding hydrogens is 208 g/mol. The van der Waals surface area contributed by atoms with E-state index < -0.39 is 0 Å². The molecule has 0 radical (unpaired) electrons. The molecule has 0 saturated carbocycles. The highest BCUT2D eigenvalue weighted by molar-refractivity contribution is 7.98. The number of carbonyl (C=O) groups excluding carboxylic acids is 1. The van der Waals surface area contributed by atoms with Crippen molar-refractivity contribution in [3.63, 3.8) is 0 Å². The van der Waals surface area contributed by atoms with Gasteiger partial charge in [-0.15, -0.1) is 0 Å². The molecule has 0 spiro atoms. The second-order valence-corrected chi connectivity index (χ2v) is 5.93. The number of rotatable bonds is 3. The highest BCUT2D eigenvalue weighted by Crippen LogP contribution is 2.27. The van der Waals surface area contributed by atoms with Crippen LogP contribution >= 0.6 is 11.8 Å². The van der Waals surface area contributed by atoms with Crippen LogP contribution in [0.15, 0.2) is 0 Å². The van der Waals surface area contributed by atoms with Gasteiger partial charge < -0.3 is 10.6 Å². The highest BCUT2D eigenvalue weighted by atomic mass is 32.2. The summed E-state index contributed by atoms with van der Waals surface area (Å²) in [5, 5.41) is 0. The van der Waals surface area contributed by atoms with Crippen molar-refractivity contribution in [2.45, 2.75) is 32.7 Å². The molecule has 3 nitrogen and oxygen atoms in total. The van der Waals surface area contributed by atoms with Crippen molar-refractivity contribution in [1.82, 2.24) is 4.90 Å². The number of likely N-dealkylation sites (tertiary alicyclic amines) is 1. The molecule has 4 heteroatoms. The lowest BCUT2D eigenvalue weighted by Crippen LogP contribution is -2.54. The van der Waals surface area contributed by atoms with Gasteiger partial charge in [-0.2, -0.15) is 11.8 Å². The first-order chi connectivity index (χ1) is 6.97. The Morgan fingerprint density at radius 3 is 2.80 bits per heavy atom. The minimum Gasteiger partial charge on any atom is -0.342 e. The number of thioether (sulfide) groups is 1. The number of nitrogens with zero attached hydrogens (tertiary/aromatic N) is 1. The quantitative estimate of drug-likeness (QED) is 0.795. The number of hydrogen-bond acceptors (Lipinski definition) is 3. The van der Waals surface area contributed by atoms with Crippen molar-refractivity contribution < 1.29 is 4.79 Å². The summed E-state index contributed by atoms with van der Waals surface area (Å²) >= 11 is 1.72. The molecular formula is C11H22N2OS. The molecule has 1 aliphatic rings. The van der Waals surface area contributed by atoms with Crippen molar-refractivity contribution in [1.29, 1.82) is 0 Å². The zero-order valence-corrected chi connectivity index (χ0v) is 10.8. The number of carbonyl (C=O) groups is 1.